The van der Waals surface area contributed by atoms with Gasteiger partial charge < -0.3 is 14.9 Å². The number of aliphatic hydroxyl groups excluding tert-OH is 1. The van der Waals surface area contributed by atoms with Crippen LogP contribution in [0.1, 0.15) is 36.3 Å². The molecule has 0 spiro atoms. The van der Waals surface area contributed by atoms with Crippen LogP contribution in [-0.2, 0) is 0 Å². The molecule has 134 valence electrons. The molecule has 0 aliphatic carbocycles. The van der Waals surface area contributed by atoms with Gasteiger partial charge in [0.1, 0.15) is 0 Å². The van der Waals surface area contributed by atoms with Crippen LogP contribution in [-0.4, -0.2) is 69.9 Å². The Balaban J connectivity index is 1.62. The van der Waals surface area contributed by atoms with Crippen molar-refractivity contribution in [3.63, 3.8) is 0 Å². The van der Waals surface area contributed by atoms with E-state index in [1.165, 1.54) is 25.3 Å². The van der Waals surface area contributed by atoms with Gasteiger partial charge in [-0.25, -0.2) is 4.68 Å². The summed E-state index contributed by atoms with van der Waals surface area (Å²) >= 11 is 0. The molecule has 1 N–H and O–H groups in total. The highest BCUT2D eigenvalue weighted by Crippen LogP contribution is 2.26. The summed E-state index contributed by atoms with van der Waals surface area (Å²) in [5.74, 6) is -0.0868. The Morgan fingerprint density at radius 2 is 1.96 bits per heavy atom. The zero-order chi connectivity index (χ0) is 17.1. The standard InChI is InChI=1S/C16H24F2N4O2/c17-16(18)22-7-4-14(19-22)15(24)21-9-12(13(10-21)11-23)8-20-5-2-1-3-6-20/h4,7,12-13,16,23H,1-3,5-6,8-11H2. The van der Waals surface area contributed by atoms with Crippen molar-refractivity contribution >= 4 is 5.91 Å². The quantitative estimate of drug-likeness (QED) is 0.880. The first kappa shape index (κ1) is 17.3. The van der Waals surface area contributed by atoms with E-state index in [1.807, 2.05) is 0 Å². The van der Waals surface area contributed by atoms with E-state index in [1.54, 1.807) is 4.90 Å². The first-order valence-corrected chi connectivity index (χ1v) is 8.54. The Kier molecular flexibility index (Phi) is 5.45. The van der Waals surface area contributed by atoms with Crippen LogP contribution in [0.25, 0.3) is 0 Å². The van der Waals surface area contributed by atoms with Gasteiger partial charge in [0, 0.05) is 38.4 Å². The lowest BCUT2D eigenvalue weighted by molar-refractivity contribution is 0.0553. The third-order valence-electron chi connectivity index (χ3n) is 5.07. The lowest BCUT2D eigenvalue weighted by atomic mass is 9.95. The molecule has 6 nitrogen and oxygen atoms in total. The van der Waals surface area contributed by atoms with Crippen LogP contribution in [0.5, 0.6) is 0 Å². The second kappa shape index (κ2) is 7.57. The van der Waals surface area contributed by atoms with Crippen molar-refractivity contribution in [2.24, 2.45) is 11.8 Å². The normalized spacial score (nSPS) is 25.6. The Morgan fingerprint density at radius 3 is 2.58 bits per heavy atom. The molecular formula is C16H24F2N4O2. The van der Waals surface area contributed by atoms with Crippen molar-refractivity contribution in [3.8, 4) is 0 Å². The first-order valence-electron chi connectivity index (χ1n) is 8.54. The fraction of sp³-hybridized carbons (Fsp3) is 0.750. The summed E-state index contributed by atoms with van der Waals surface area (Å²) in [4.78, 5) is 16.5. The molecule has 1 aromatic heterocycles. The molecule has 1 aromatic rings. The Hall–Kier alpha value is -1.54. The number of aromatic nitrogens is 2. The molecular weight excluding hydrogens is 318 g/mol. The number of likely N-dealkylation sites (tertiary alicyclic amines) is 2. The summed E-state index contributed by atoms with van der Waals surface area (Å²) in [5, 5.41) is 13.3. The van der Waals surface area contributed by atoms with E-state index in [2.05, 4.69) is 10.00 Å². The average Bonchev–Trinajstić information content (AvgIpc) is 3.22. The van der Waals surface area contributed by atoms with Gasteiger partial charge >= 0.3 is 6.55 Å². The van der Waals surface area contributed by atoms with E-state index >= 15 is 0 Å². The summed E-state index contributed by atoms with van der Waals surface area (Å²) in [6.45, 7) is 1.30. The maximum atomic E-state index is 12.6. The van der Waals surface area contributed by atoms with Gasteiger partial charge in [-0.2, -0.15) is 13.9 Å². The molecule has 2 atom stereocenters. The number of hydrogen-bond donors (Lipinski definition) is 1. The van der Waals surface area contributed by atoms with Gasteiger partial charge in [0.05, 0.1) is 0 Å². The van der Waals surface area contributed by atoms with Crippen LogP contribution in [0.15, 0.2) is 12.3 Å². The highest BCUT2D eigenvalue weighted by atomic mass is 19.3. The molecule has 2 saturated heterocycles. The van der Waals surface area contributed by atoms with Crippen LogP contribution in [0, 0.1) is 11.8 Å². The van der Waals surface area contributed by atoms with Gasteiger partial charge in [0.15, 0.2) is 5.69 Å². The number of nitrogens with zero attached hydrogens (tertiary/aromatic N) is 4. The SMILES string of the molecule is O=C(c1ccn(C(F)F)n1)N1CC(CO)C(CN2CCCCC2)C1. The maximum Gasteiger partial charge on any atom is 0.333 e. The van der Waals surface area contributed by atoms with Crippen LogP contribution in [0.4, 0.5) is 8.78 Å². The highest BCUT2D eigenvalue weighted by molar-refractivity contribution is 5.92. The van der Waals surface area contributed by atoms with Crippen LogP contribution < -0.4 is 0 Å². The molecule has 0 saturated carbocycles. The number of rotatable bonds is 5. The maximum absolute atomic E-state index is 12.6. The number of piperidine rings is 1. The summed E-state index contributed by atoms with van der Waals surface area (Å²) in [7, 11) is 0. The molecule has 0 aromatic carbocycles. The summed E-state index contributed by atoms with van der Waals surface area (Å²) in [6.07, 6.45) is 4.78. The Morgan fingerprint density at radius 1 is 1.25 bits per heavy atom. The van der Waals surface area contributed by atoms with Gasteiger partial charge in [0.2, 0.25) is 0 Å². The van der Waals surface area contributed by atoms with Crippen molar-refractivity contribution in [3.05, 3.63) is 18.0 Å². The minimum absolute atomic E-state index is 0.0330. The number of halogens is 2. The second-order valence-electron chi connectivity index (χ2n) is 6.73. The second-order valence-corrected chi connectivity index (χ2v) is 6.73. The molecule has 2 fully saturated rings. The topological polar surface area (TPSA) is 61.6 Å². The minimum Gasteiger partial charge on any atom is -0.396 e. The zero-order valence-corrected chi connectivity index (χ0v) is 13.7. The largest absolute Gasteiger partial charge is 0.396 e. The molecule has 2 unspecified atom stereocenters. The summed E-state index contributed by atoms with van der Waals surface area (Å²) in [5.41, 5.74) is 0.0330. The lowest BCUT2D eigenvalue weighted by Gasteiger charge is -2.30. The molecule has 2 aliphatic heterocycles. The number of carbonyl (C=O) groups excluding carboxylic acids is 1. The van der Waals surface area contributed by atoms with E-state index in [-0.39, 0.29) is 30.0 Å². The van der Waals surface area contributed by atoms with Gasteiger partial charge in [-0.1, -0.05) is 6.42 Å². The molecule has 2 aliphatic rings. The summed E-state index contributed by atoms with van der Waals surface area (Å²) in [6, 6.07) is 1.32. The molecule has 0 radical (unpaired) electrons. The first-order chi connectivity index (χ1) is 11.6. The van der Waals surface area contributed by atoms with E-state index in [0.717, 1.165) is 25.8 Å². The minimum atomic E-state index is -2.75. The van der Waals surface area contributed by atoms with E-state index in [4.69, 9.17) is 0 Å². The van der Waals surface area contributed by atoms with Gasteiger partial charge in [-0.05, 0) is 37.9 Å². The van der Waals surface area contributed by atoms with Crippen molar-refractivity contribution < 1.29 is 18.7 Å². The number of amides is 1. The fourth-order valence-electron chi connectivity index (χ4n) is 3.71. The van der Waals surface area contributed by atoms with Crippen LogP contribution >= 0.6 is 0 Å². The van der Waals surface area contributed by atoms with E-state index in [9.17, 15) is 18.7 Å². The molecule has 1 amide bonds. The third kappa shape index (κ3) is 3.75. The number of aliphatic hydroxyl groups is 1. The monoisotopic (exact) mass is 342 g/mol. The van der Waals surface area contributed by atoms with Crippen LogP contribution in [0.2, 0.25) is 0 Å². The number of alkyl halides is 2. The molecule has 8 heteroatoms. The van der Waals surface area contributed by atoms with Crippen LogP contribution in [0.3, 0.4) is 0 Å². The fourth-order valence-corrected chi connectivity index (χ4v) is 3.71. The van der Waals surface area contributed by atoms with E-state index < -0.39 is 6.55 Å². The molecule has 24 heavy (non-hydrogen) atoms. The third-order valence-corrected chi connectivity index (χ3v) is 5.07. The van der Waals surface area contributed by atoms with Gasteiger partial charge in [0.25, 0.3) is 5.91 Å². The van der Waals surface area contributed by atoms with Crippen molar-refractivity contribution in [2.45, 2.75) is 25.8 Å². The number of carbonyl (C=O) groups is 1. The van der Waals surface area contributed by atoms with Gasteiger partial charge in [-0.3, -0.25) is 4.79 Å². The molecule has 0 bridgehead atoms. The lowest BCUT2D eigenvalue weighted by Crippen LogP contribution is -2.37. The van der Waals surface area contributed by atoms with Crippen molar-refractivity contribution in [1.29, 1.82) is 0 Å². The van der Waals surface area contributed by atoms with Crippen molar-refractivity contribution in [2.75, 3.05) is 39.3 Å². The predicted molar refractivity (Wildman–Crippen MR) is 83.7 cm³/mol. The number of hydrogen-bond acceptors (Lipinski definition) is 4. The smallest absolute Gasteiger partial charge is 0.333 e. The highest BCUT2D eigenvalue weighted by Gasteiger charge is 2.36. The Bertz CT molecular complexity index is 560. The zero-order valence-electron chi connectivity index (χ0n) is 13.7. The average molecular weight is 342 g/mol. The van der Waals surface area contributed by atoms with Crippen molar-refractivity contribution in [1.82, 2.24) is 19.6 Å². The Labute approximate surface area is 140 Å². The molecule has 3 heterocycles. The predicted octanol–water partition coefficient (Wildman–Crippen LogP) is 1.44. The summed E-state index contributed by atoms with van der Waals surface area (Å²) < 4.78 is 25.7. The molecule has 3 rings (SSSR count). The van der Waals surface area contributed by atoms with E-state index in [0.29, 0.717) is 17.8 Å². The van der Waals surface area contributed by atoms with Gasteiger partial charge in [-0.15, -0.1) is 0 Å².